The average Bonchev–Trinajstić information content (AvgIpc) is 2.46. The van der Waals surface area contributed by atoms with Gasteiger partial charge in [-0.3, -0.25) is 0 Å². The van der Waals surface area contributed by atoms with Crippen LogP contribution in [0.15, 0.2) is 36.5 Å². The van der Waals surface area contributed by atoms with Gasteiger partial charge in [0.1, 0.15) is 23.1 Å². The van der Waals surface area contributed by atoms with Crippen LogP contribution >= 0.6 is 11.6 Å². The number of aryl methyl sites for hydroxylation is 1. The van der Waals surface area contributed by atoms with E-state index in [-0.39, 0.29) is 0 Å². The molecule has 0 atom stereocenters. The van der Waals surface area contributed by atoms with Crippen LogP contribution in [0.25, 0.3) is 0 Å². The van der Waals surface area contributed by atoms with Gasteiger partial charge < -0.3 is 9.47 Å². The standard InChI is InChI=1S/C15H14ClNO3/c1-10-3-5-13(12(7-10)15(18)19-2)20-9-11-4-6-14(16)17-8-11/h3-8H,9H2,1-2H3. The van der Waals surface area contributed by atoms with Crippen LogP contribution in [0.2, 0.25) is 5.15 Å². The van der Waals surface area contributed by atoms with E-state index < -0.39 is 5.97 Å². The summed E-state index contributed by atoms with van der Waals surface area (Å²) in [5.74, 6) is 0.0651. The van der Waals surface area contributed by atoms with E-state index in [2.05, 4.69) is 4.98 Å². The van der Waals surface area contributed by atoms with Crippen molar-refractivity contribution in [3.05, 3.63) is 58.4 Å². The molecular weight excluding hydrogens is 278 g/mol. The maximum atomic E-state index is 11.7. The van der Waals surface area contributed by atoms with Gasteiger partial charge in [0.15, 0.2) is 0 Å². The van der Waals surface area contributed by atoms with Gasteiger partial charge in [0, 0.05) is 11.8 Å². The summed E-state index contributed by atoms with van der Waals surface area (Å²) in [7, 11) is 1.34. The molecule has 1 heterocycles. The van der Waals surface area contributed by atoms with Crippen LogP contribution in [-0.2, 0) is 11.3 Å². The minimum Gasteiger partial charge on any atom is -0.488 e. The van der Waals surface area contributed by atoms with Gasteiger partial charge in [-0.2, -0.15) is 0 Å². The van der Waals surface area contributed by atoms with E-state index in [1.54, 1.807) is 24.4 Å². The van der Waals surface area contributed by atoms with Crippen molar-refractivity contribution in [1.29, 1.82) is 0 Å². The highest BCUT2D eigenvalue weighted by atomic mass is 35.5. The Hall–Kier alpha value is -2.07. The van der Waals surface area contributed by atoms with Crippen molar-refractivity contribution in [2.75, 3.05) is 7.11 Å². The summed E-state index contributed by atoms with van der Waals surface area (Å²) in [5, 5.41) is 0.430. The van der Waals surface area contributed by atoms with E-state index in [1.165, 1.54) is 7.11 Å². The first-order valence-corrected chi connectivity index (χ1v) is 6.40. The molecule has 0 amide bonds. The largest absolute Gasteiger partial charge is 0.488 e. The lowest BCUT2D eigenvalue weighted by Crippen LogP contribution is -2.06. The molecule has 5 heteroatoms. The number of rotatable bonds is 4. The lowest BCUT2D eigenvalue weighted by molar-refractivity contribution is 0.0595. The zero-order chi connectivity index (χ0) is 14.5. The summed E-state index contributed by atoms with van der Waals surface area (Å²) in [6.45, 7) is 2.20. The van der Waals surface area contributed by atoms with Crippen LogP contribution < -0.4 is 4.74 Å². The number of carbonyl (C=O) groups excluding carboxylic acids is 1. The van der Waals surface area contributed by atoms with Crippen molar-refractivity contribution >= 4 is 17.6 Å². The second-order valence-electron chi connectivity index (χ2n) is 4.27. The SMILES string of the molecule is COC(=O)c1cc(C)ccc1OCc1ccc(Cl)nc1. The Balaban J connectivity index is 2.16. The van der Waals surface area contributed by atoms with Gasteiger partial charge in [0.25, 0.3) is 0 Å². The Morgan fingerprint density at radius 1 is 1.30 bits per heavy atom. The fourth-order valence-electron chi connectivity index (χ4n) is 1.69. The quantitative estimate of drug-likeness (QED) is 0.640. The van der Waals surface area contributed by atoms with E-state index in [0.717, 1.165) is 11.1 Å². The Kier molecular flexibility index (Phi) is 4.58. The van der Waals surface area contributed by atoms with E-state index in [4.69, 9.17) is 21.1 Å². The van der Waals surface area contributed by atoms with Crippen LogP contribution in [0.1, 0.15) is 21.5 Å². The second kappa shape index (κ2) is 6.39. The molecule has 0 saturated carbocycles. The highest BCUT2D eigenvalue weighted by Gasteiger charge is 2.13. The maximum absolute atomic E-state index is 11.7. The zero-order valence-electron chi connectivity index (χ0n) is 11.2. The fourth-order valence-corrected chi connectivity index (χ4v) is 1.80. The topological polar surface area (TPSA) is 48.4 Å². The van der Waals surface area contributed by atoms with Gasteiger partial charge in [0.2, 0.25) is 0 Å². The van der Waals surface area contributed by atoms with Gasteiger partial charge in [-0.1, -0.05) is 29.3 Å². The Morgan fingerprint density at radius 2 is 2.10 bits per heavy atom. The molecule has 0 unspecified atom stereocenters. The summed E-state index contributed by atoms with van der Waals surface area (Å²) in [6, 6.07) is 8.88. The summed E-state index contributed by atoms with van der Waals surface area (Å²) in [5.41, 5.74) is 2.24. The first-order valence-electron chi connectivity index (χ1n) is 6.02. The Morgan fingerprint density at radius 3 is 2.75 bits per heavy atom. The monoisotopic (exact) mass is 291 g/mol. The molecule has 20 heavy (non-hydrogen) atoms. The summed E-state index contributed by atoms with van der Waals surface area (Å²) >= 11 is 5.72. The predicted octanol–water partition coefficient (Wildman–Crippen LogP) is 3.41. The van der Waals surface area contributed by atoms with Crippen molar-refractivity contribution in [3.8, 4) is 5.75 Å². The van der Waals surface area contributed by atoms with Crippen LogP contribution in [0.4, 0.5) is 0 Å². The molecule has 0 aliphatic heterocycles. The number of methoxy groups -OCH3 is 1. The van der Waals surface area contributed by atoms with Gasteiger partial charge >= 0.3 is 5.97 Å². The minimum atomic E-state index is -0.419. The molecule has 0 radical (unpaired) electrons. The predicted molar refractivity (Wildman–Crippen MR) is 76.1 cm³/mol. The molecule has 0 bridgehead atoms. The smallest absolute Gasteiger partial charge is 0.341 e. The zero-order valence-corrected chi connectivity index (χ0v) is 12.0. The first kappa shape index (κ1) is 14.3. The van der Waals surface area contributed by atoms with Crippen molar-refractivity contribution < 1.29 is 14.3 Å². The minimum absolute atomic E-state index is 0.303. The number of nitrogens with zero attached hydrogens (tertiary/aromatic N) is 1. The van der Waals surface area contributed by atoms with E-state index in [9.17, 15) is 4.79 Å². The van der Waals surface area contributed by atoms with Crippen molar-refractivity contribution in [2.45, 2.75) is 13.5 Å². The number of hydrogen-bond acceptors (Lipinski definition) is 4. The third-order valence-corrected chi connectivity index (χ3v) is 2.95. The average molecular weight is 292 g/mol. The van der Waals surface area contributed by atoms with E-state index >= 15 is 0 Å². The second-order valence-corrected chi connectivity index (χ2v) is 4.66. The molecule has 0 aliphatic rings. The Bertz CT molecular complexity index is 611. The van der Waals surface area contributed by atoms with E-state index in [0.29, 0.717) is 23.1 Å². The molecule has 0 aliphatic carbocycles. The molecule has 2 rings (SSSR count). The normalized spacial score (nSPS) is 10.2. The summed E-state index contributed by atoms with van der Waals surface area (Å²) in [6.07, 6.45) is 1.63. The molecule has 0 N–H and O–H groups in total. The number of halogens is 1. The molecule has 0 saturated heterocycles. The molecule has 1 aromatic heterocycles. The molecule has 1 aromatic carbocycles. The van der Waals surface area contributed by atoms with Crippen LogP contribution in [0, 0.1) is 6.92 Å². The number of ether oxygens (including phenoxy) is 2. The van der Waals surface area contributed by atoms with Crippen molar-refractivity contribution in [1.82, 2.24) is 4.98 Å². The first-order chi connectivity index (χ1) is 9.60. The van der Waals surface area contributed by atoms with Crippen molar-refractivity contribution in [3.63, 3.8) is 0 Å². The highest BCUT2D eigenvalue weighted by Crippen LogP contribution is 2.22. The van der Waals surface area contributed by atoms with Crippen LogP contribution in [0.5, 0.6) is 5.75 Å². The highest BCUT2D eigenvalue weighted by molar-refractivity contribution is 6.29. The number of esters is 1. The van der Waals surface area contributed by atoms with E-state index in [1.807, 2.05) is 19.1 Å². The van der Waals surface area contributed by atoms with Crippen LogP contribution in [-0.4, -0.2) is 18.1 Å². The third kappa shape index (κ3) is 3.48. The molecular formula is C15H14ClNO3. The summed E-state index contributed by atoms with van der Waals surface area (Å²) < 4.78 is 10.4. The number of pyridine rings is 1. The van der Waals surface area contributed by atoms with Gasteiger partial charge in [-0.05, 0) is 25.1 Å². The molecule has 104 valence electrons. The lowest BCUT2D eigenvalue weighted by atomic mass is 10.1. The molecule has 0 spiro atoms. The molecule has 0 fully saturated rings. The number of aromatic nitrogens is 1. The summed E-state index contributed by atoms with van der Waals surface area (Å²) in [4.78, 5) is 15.7. The van der Waals surface area contributed by atoms with Gasteiger partial charge in [0.05, 0.1) is 7.11 Å². The number of hydrogen-bond donors (Lipinski definition) is 0. The fraction of sp³-hybridized carbons (Fsp3) is 0.200. The third-order valence-electron chi connectivity index (χ3n) is 2.72. The molecule has 4 nitrogen and oxygen atoms in total. The van der Waals surface area contributed by atoms with Gasteiger partial charge in [-0.15, -0.1) is 0 Å². The lowest BCUT2D eigenvalue weighted by Gasteiger charge is -2.11. The Labute approximate surface area is 122 Å². The number of carbonyl (C=O) groups is 1. The molecule has 2 aromatic rings. The number of benzene rings is 1. The maximum Gasteiger partial charge on any atom is 0.341 e. The van der Waals surface area contributed by atoms with Crippen LogP contribution in [0.3, 0.4) is 0 Å². The van der Waals surface area contributed by atoms with Gasteiger partial charge in [-0.25, -0.2) is 9.78 Å². The van der Waals surface area contributed by atoms with Crippen molar-refractivity contribution in [2.24, 2.45) is 0 Å².